The van der Waals surface area contributed by atoms with Gasteiger partial charge in [-0.25, -0.2) is 4.98 Å². The fourth-order valence-electron chi connectivity index (χ4n) is 2.05. The molecule has 3 N–H and O–H groups in total. The molecule has 6 nitrogen and oxygen atoms in total. The third kappa shape index (κ3) is 4.82. The Balaban J connectivity index is 2.10. The minimum Gasteiger partial charge on any atom is -0.384 e. The molecule has 0 aliphatic heterocycles. The Morgan fingerprint density at radius 3 is 2.82 bits per heavy atom. The van der Waals surface area contributed by atoms with Gasteiger partial charge in [0, 0.05) is 37.6 Å². The number of carbonyl (C=O) groups excluding carboxylic acids is 1. The molecule has 2 rings (SSSR count). The summed E-state index contributed by atoms with van der Waals surface area (Å²) in [5.41, 5.74) is 2.92. The number of amides is 1. The number of hydrogen-bond donors (Lipinski definition) is 3. The van der Waals surface area contributed by atoms with Gasteiger partial charge < -0.3 is 16.0 Å². The van der Waals surface area contributed by atoms with E-state index in [4.69, 9.17) is 0 Å². The predicted molar refractivity (Wildman–Crippen MR) is 88.8 cm³/mol. The molecule has 2 aromatic rings. The first kappa shape index (κ1) is 15.9. The van der Waals surface area contributed by atoms with Gasteiger partial charge in [-0.1, -0.05) is 0 Å². The Morgan fingerprint density at radius 2 is 2.05 bits per heavy atom. The highest BCUT2D eigenvalue weighted by Gasteiger charge is 2.03. The highest BCUT2D eigenvalue weighted by Crippen LogP contribution is 2.23. The minimum absolute atomic E-state index is 0.136. The van der Waals surface area contributed by atoms with Crippen LogP contribution in [0.5, 0.6) is 0 Å². The van der Waals surface area contributed by atoms with Gasteiger partial charge in [0.2, 0.25) is 5.91 Å². The van der Waals surface area contributed by atoms with Crippen molar-refractivity contribution in [2.24, 2.45) is 0 Å². The van der Waals surface area contributed by atoms with Crippen LogP contribution in [0, 0.1) is 0 Å². The maximum absolute atomic E-state index is 11.1. The van der Waals surface area contributed by atoms with E-state index in [0.29, 0.717) is 5.82 Å². The lowest BCUT2D eigenvalue weighted by Crippen LogP contribution is -2.12. The number of aromatic nitrogens is 2. The molecule has 0 aliphatic carbocycles. The lowest BCUT2D eigenvalue weighted by molar-refractivity contribution is -0.114. The summed E-state index contributed by atoms with van der Waals surface area (Å²) >= 11 is 0. The molecule has 0 bridgehead atoms. The van der Waals surface area contributed by atoms with Crippen LogP contribution in [0.1, 0.15) is 13.3 Å². The van der Waals surface area contributed by atoms with E-state index in [0.717, 1.165) is 36.3 Å². The number of hydrogen-bond acceptors (Lipinski definition) is 5. The van der Waals surface area contributed by atoms with Gasteiger partial charge in [-0.15, -0.1) is 0 Å². The van der Waals surface area contributed by atoms with Gasteiger partial charge in [-0.05, 0) is 43.8 Å². The van der Waals surface area contributed by atoms with E-state index in [2.05, 4.69) is 25.9 Å². The van der Waals surface area contributed by atoms with Crippen molar-refractivity contribution in [2.45, 2.75) is 13.3 Å². The fraction of sp³-hybridized carbons (Fsp3) is 0.312. The van der Waals surface area contributed by atoms with Crippen LogP contribution in [0.3, 0.4) is 0 Å². The maximum atomic E-state index is 11.1. The Hall–Kier alpha value is -2.47. The normalized spacial score (nSPS) is 10.3. The van der Waals surface area contributed by atoms with Crippen LogP contribution in [0.15, 0.2) is 36.8 Å². The molecule has 0 spiro atoms. The summed E-state index contributed by atoms with van der Waals surface area (Å²) < 4.78 is 0. The summed E-state index contributed by atoms with van der Waals surface area (Å²) in [5, 5.41) is 9.15. The highest BCUT2D eigenvalue weighted by molar-refractivity contribution is 5.88. The largest absolute Gasteiger partial charge is 0.384 e. The van der Waals surface area contributed by atoms with Crippen molar-refractivity contribution in [3.05, 3.63) is 36.8 Å². The van der Waals surface area contributed by atoms with Crippen LogP contribution in [0.4, 0.5) is 11.5 Å². The average molecular weight is 299 g/mol. The Labute approximate surface area is 130 Å². The number of anilines is 2. The standard InChI is InChI=1S/C16H21N5O/c1-12(22)21-16-9-13(4-7-20-16)14-8-15(11-18-10-14)19-6-3-5-17-2/h4,7-11,17,19H,3,5-6H2,1-2H3,(H,20,21,22). The van der Waals surface area contributed by atoms with Crippen molar-refractivity contribution in [3.63, 3.8) is 0 Å². The molecule has 0 saturated carbocycles. The van der Waals surface area contributed by atoms with Crippen LogP contribution in [0.25, 0.3) is 11.1 Å². The van der Waals surface area contributed by atoms with Crippen molar-refractivity contribution in [1.82, 2.24) is 15.3 Å². The smallest absolute Gasteiger partial charge is 0.222 e. The Kier molecular flexibility index (Phi) is 5.85. The van der Waals surface area contributed by atoms with Gasteiger partial charge in [0.1, 0.15) is 5.82 Å². The molecule has 1 amide bonds. The second-order valence-electron chi connectivity index (χ2n) is 4.96. The van der Waals surface area contributed by atoms with Gasteiger partial charge in [-0.3, -0.25) is 9.78 Å². The number of nitrogens with one attached hydrogen (secondary N) is 3. The number of nitrogens with zero attached hydrogens (tertiary/aromatic N) is 2. The molecular weight excluding hydrogens is 278 g/mol. The average Bonchev–Trinajstić information content (AvgIpc) is 2.52. The van der Waals surface area contributed by atoms with Gasteiger partial charge in [0.15, 0.2) is 0 Å². The zero-order valence-electron chi connectivity index (χ0n) is 12.9. The van der Waals surface area contributed by atoms with Gasteiger partial charge in [0.25, 0.3) is 0 Å². The van der Waals surface area contributed by atoms with Gasteiger partial charge >= 0.3 is 0 Å². The lowest BCUT2D eigenvalue weighted by atomic mass is 10.1. The molecule has 0 aliphatic rings. The van der Waals surface area contributed by atoms with Gasteiger partial charge in [-0.2, -0.15) is 0 Å². The first-order valence-electron chi connectivity index (χ1n) is 7.26. The fourth-order valence-corrected chi connectivity index (χ4v) is 2.05. The maximum Gasteiger partial charge on any atom is 0.222 e. The summed E-state index contributed by atoms with van der Waals surface area (Å²) in [6, 6.07) is 5.77. The van der Waals surface area contributed by atoms with Gasteiger partial charge in [0.05, 0.1) is 5.69 Å². The van der Waals surface area contributed by atoms with E-state index in [1.54, 1.807) is 18.6 Å². The van der Waals surface area contributed by atoms with E-state index in [1.165, 1.54) is 6.92 Å². The summed E-state index contributed by atoms with van der Waals surface area (Å²) in [6.07, 6.45) is 6.32. The quantitative estimate of drug-likeness (QED) is 0.683. The molecule has 22 heavy (non-hydrogen) atoms. The third-order valence-corrected chi connectivity index (χ3v) is 3.07. The zero-order valence-corrected chi connectivity index (χ0v) is 12.9. The van der Waals surface area contributed by atoms with Crippen molar-refractivity contribution in [2.75, 3.05) is 30.8 Å². The second kappa shape index (κ2) is 8.09. The molecule has 0 aromatic carbocycles. The molecule has 6 heteroatoms. The monoisotopic (exact) mass is 299 g/mol. The van der Waals surface area contributed by atoms with E-state index < -0.39 is 0 Å². The first-order chi connectivity index (χ1) is 10.7. The molecular formula is C16H21N5O. The molecule has 116 valence electrons. The third-order valence-electron chi connectivity index (χ3n) is 3.07. The topological polar surface area (TPSA) is 78.9 Å². The Morgan fingerprint density at radius 1 is 1.18 bits per heavy atom. The summed E-state index contributed by atoms with van der Waals surface area (Å²) in [6.45, 7) is 3.33. The summed E-state index contributed by atoms with van der Waals surface area (Å²) in [5.74, 6) is 0.403. The zero-order chi connectivity index (χ0) is 15.8. The Bertz CT molecular complexity index is 629. The SMILES string of the molecule is CNCCCNc1cncc(-c2ccnc(NC(C)=O)c2)c1. The highest BCUT2D eigenvalue weighted by atomic mass is 16.1. The van der Waals surface area contributed by atoms with Crippen LogP contribution >= 0.6 is 0 Å². The molecule has 0 radical (unpaired) electrons. The number of rotatable bonds is 7. The van der Waals surface area contributed by atoms with Crippen molar-refractivity contribution in [3.8, 4) is 11.1 Å². The molecule has 2 aromatic heterocycles. The van der Waals surface area contributed by atoms with E-state index in [-0.39, 0.29) is 5.91 Å². The van der Waals surface area contributed by atoms with E-state index in [9.17, 15) is 4.79 Å². The van der Waals surface area contributed by atoms with E-state index >= 15 is 0 Å². The summed E-state index contributed by atoms with van der Waals surface area (Å²) in [4.78, 5) is 19.5. The van der Waals surface area contributed by atoms with E-state index in [1.807, 2.05) is 25.2 Å². The van der Waals surface area contributed by atoms with Crippen molar-refractivity contribution >= 4 is 17.4 Å². The van der Waals surface area contributed by atoms with Crippen LogP contribution < -0.4 is 16.0 Å². The van der Waals surface area contributed by atoms with Crippen LogP contribution in [0.2, 0.25) is 0 Å². The summed E-state index contributed by atoms with van der Waals surface area (Å²) in [7, 11) is 1.94. The molecule has 2 heterocycles. The first-order valence-corrected chi connectivity index (χ1v) is 7.26. The van der Waals surface area contributed by atoms with Crippen molar-refractivity contribution < 1.29 is 4.79 Å². The molecule has 0 atom stereocenters. The number of pyridine rings is 2. The lowest BCUT2D eigenvalue weighted by Gasteiger charge is -2.09. The second-order valence-corrected chi connectivity index (χ2v) is 4.96. The predicted octanol–water partition coefficient (Wildman–Crippen LogP) is 2.12. The molecule has 0 unspecified atom stereocenters. The molecule has 0 saturated heterocycles. The van der Waals surface area contributed by atoms with Crippen LogP contribution in [-0.4, -0.2) is 36.0 Å². The number of carbonyl (C=O) groups is 1. The minimum atomic E-state index is -0.136. The van der Waals surface area contributed by atoms with Crippen LogP contribution in [-0.2, 0) is 4.79 Å². The van der Waals surface area contributed by atoms with Crippen molar-refractivity contribution in [1.29, 1.82) is 0 Å². The molecule has 0 fully saturated rings.